The molecular formula is C13H25NO. The topological polar surface area (TPSA) is 21.3 Å². The molecule has 2 fully saturated rings. The van der Waals surface area contributed by atoms with Gasteiger partial charge in [-0.2, -0.15) is 0 Å². The molecule has 15 heavy (non-hydrogen) atoms. The van der Waals surface area contributed by atoms with Crippen LogP contribution in [0.4, 0.5) is 0 Å². The van der Waals surface area contributed by atoms with Crippen molar-refractivity contribution in [3.8, 4) is 0 Å². The molecule has 0 radical (unpaired) electrons. The Morgan fingerprint density at radius 3 is 2.67 bits per heavy atom. The van der Waals surface area contributed by atoms with Gasteiger partial charge in [0.25, 0.3) is 0 Å². The second kappa shape index (κ2) is 6.49. The number of hydrogen-bond donors (Lipinski definition) is 1. The molecule has 1 atom stereocenters. The zero-order chi connectivity index (χ0) is 10.3. The van der Waals surface area contributed by atoms with E-state index in [4.69, 9.17) is 4.74 Å². The summed E-state index contributed by atoms with van der Waals surface area (Å²) >= 11 is 0. The van der Waals surface area contributed by atoms with Gasteiger partial charge in [-0.3, -0.25) is 0 Å². The minimum atomic E-state index is 0.582. The average molecular weight is 211 g/mol. The molecule has 1 N–H and O–H groups in total. The van der Waals surface area contributed by atoms with E-state index in [1.807, 2.05) is 0 Å². The van der Waals surface area contributed by atoms with Gasteiger partial charge in [0, 0.05) is 6.61 Å². The summed E-state index contributed by atoms with van der Waals surface area (Å²) in [6.45, 7) is 3.45. The van der Waals surface area contributed by atoms with E-state index in [9.17, 15) is 0 Å². The molecule has 0 amide bonds. The fraction of sp³-hybridized carbons (Fsp3) is 1.00. The van der Waals surface area contributed by atoms with E-state index in [0.717, 1.165) is 12.5 Å². The van der Waals surface area contributed by atoms with E-state index in [2.05, 4.69) is 5.32 Å². The first kappa shape index (κ1) is 11.4. The Labute approximate surface area is 93.8 Å². The first-order valence-electron chi connectivity index (χ1n) is 6.77. The molecule has 1 aliphatic carbocycles. The highest BCUT2D eigenvalue weighted by Gasteiger charge is 2.15. The molecule has 0 spiro atoms. The van der Waals surface area contributed by atoms with Crippen LogP contribution in [0.5, 0.6) is 0 Å². The second-order valence-electron chi connectivity index (χ2n) is 5.13. The van der Waals surface area contributed by atoms with Crippen molar-refractivity contribution in [2.45, 2.75) is 57.5 Å². The molecule has 0 aromatic carbocycles. The normalized spacial score (nSPS) is 27.6. The van der Waals surface area contributed by atoms with Crippen molar-refractivity contribution in [1.29, 1.82) is 0 Å². The lowest BCUT2D eigenvalue weighted by Crippen LogP contribution is -2.23. The van der Waals surface area contributed by atoms with Gasteiger partial charge in [-0.25, -0.2) is 0 Å². The highest BCUT2D eigenvalue weighted by molar-refractivity contribution is 4.70. The summed E-state index contributed by atoms with van der Waals surface area (Å²) < 4.78 is 5.61. The summed E-state index contributed by atoms with van der Waals surface area (Å²) in [6.07, 6.45) is 11.5. The quantitative estimate of drug-likeness (QED) is 0.682. The Kier molecular flexibility index (Phi) is 4.94. The van der Waals surface area contributed by atoms with Gasteiger partial charge < -0.3 is 10.1 Å². The molecule has 0 aromatic rings. The van der Waals surface area contributed by atoms with Crippen molar-refractivity contribution < 1.29 is 4.74 Å². The van der Waals surface area contributed by atoms with Crippen LogP contribution in [0, 0.1) is 5.92 Å². The van der Waals surface area contributed by atoms with Gasteiger partial charge in [-0.1, -0.05) is 12.8 Å². The van der Waals surface area contributed by atoms with Crippen LogP contribution in [0.1, 0.15) is 51.4 Å². The summed E-state index contributed by atoms with van der Waals surface area (Å²) in [5.74, 6) is 0.979. The third kappa shape index (κ3) is 4.12. The maximum Gasteiger partial charge on any atom is 0.0576 e. The predicted molar refractivity (Wildman–Crippen MR) is 63.0 cm³/mol. The van der Waals surface area contributed by atoms with Crippen molar-refractivity contribution in [2.24, 2.45) is 5.92 Å². The summed E-state index contributed by atoms with van der Waals surface area (Å²) in [4.78, 5) is 0. The van der Waals surface area contributed by atoms with Gasteiger partial charge in [0.05, 0.1) is 6.10 Å². The van der Waals surface area contributed by atoms with Crippen LogP contribution in [0.3, 0.4) is 0 Å². The first-order chi connectivity index (χ1) is 7.45. The number of hydrogen-bond acceptors (Lipinski definition) is 2. The molecule has 1 saturated carbocycles. The maximum atomic E-state index is 5.61. The van der Waals surface area contributed by atoms with E-state index >= 15 is 0 Å². The molecule has 1 unspecified atom stereocenters. The Bertz CT molecular complexity index is 142. The van der Waals surface area contributed by atoms with Crippen molar-refractivity contribution in [3.63, 3.8) is 0 Å². The SMILES string of the molecule is C1CCC(CNCCCC2CCCO2)C1. The molecule has 1 aliphatic heterocycles. The monoisotopic (exact) mass is 211 g/mol. The highest BCUT2D eigenvalue weighted by atomic mass is 16.5. The minimum Gasteiger partial charge on any atom is -0.378 e. The highest BCUT2D eigenvalue weighted by Crippen LogP contribution is 2.23. The molecule has 1 saturated heterocycles. The maximum absolute atomic E-state index is 5.61. The zero-order valence-corrected chi connectivity index (χ0v) is 9.84. The lowest BCUT2D eigenvalue weighted by atomic mass is 10.1. The molecule has 2 aliphatic rings. The Morgan fingerprint density at radius 2 is 1.93 bits per heavy atom. The molecular weight excluding hydrogens is 186 g/mol. The van der Waals surface area contributed by atoms with E-state index in [0.29, 0.717) is 6.10 Å². The van der Waals surface area contributed by atoms with E-state index in [1.54, 1.807) is 0 Å². The van der Waals surface area contributed by atoms with Crippen LogP contribution < -0.4 is 5.32 Å². The summed E-state index contributed by atoms with van der Waals surface area (Å²) in [6, 6.07) is 0. The fourth-order valence-electron chi connectivity index (χ4n) is 2.85. The lowest BCUT2D eigenvalue weighted by Gasteiger charge is -2.12. The number of rotatable bonds is 6. The molecule has 2 rings (SSSR count). The van der Waals surface area contributed by atoms with Gasteiger partial charge in [0.2, 0.25) is 0 Å². The predicted octanol–water partition coefficient (Wildman–Crippen LogP) is 2.73. The van der Waals surface area contributed by atoms with Gasteiger partial charge in [-0.05, 0) is 57.5 Å². The third-order valence-electron chi connectivity index (χ3n) is 3.81. The Hall–Kier alpha value is -0.0800. The molecule has 88 valence electrons. The summed E-state index contributed by atoms with van der Waals surface area (Å²) in [5.41, 5.74) is 0. The van der Waals surface area contributed by atoms with Crippen LogP contribution in [0.15, 0.2) is 0 Å². The Morgan fingerprint density at radius 1 is 1.07 bits per heavy atom. The van der Waals surface area contributed by atoms with Gasteiger partial charge >= 0.3 is 0 Å². The summed E-state index contributed by atoms with van der Waals surface area (Å²) in [7, 11) is 0. The molecule has 0 aromatic heterocycles. The second-order valence-corrected chi connectivity index (χ2v) is 5.13. The number of nitrogens with one attached hydrogen (secondary N) is 1. The Balaban J connectivity index is 1.41. The van der Waals surface area contributed by atoms with E-state index in [-0.39, 0.29) is 0 Å². The van der Waals surface area contributed by atoms with Crippen molar-refractivity contribution in [2.75, 3.05) is 19.7 Å². The standard InChI is InChI=1S/C13H25NO/c1-2-6-12(5-1)11-14-9-3-7-13-8-4-10-15-13/h12-14H,1-11H2. The molecule has 2 nitrogen and oxygen atoms in total. The smallest absolute Gasteiger partial charge is 0.0576 e. The molecule has 0 bridgehead atoms. The zero-order valence-electron chi connectivity index (χ0n) is 9.84. The van der Waals surface area contributed by atoms with Crippen molar-refractivity contribution in [1.82, 2.24) is 5.32 Å². The van der Waals surface area contributed by atoms with Crippen LogP contribution in [-0.4, -0.2) is 25.8 Å². The van der Waals surface area contributed by atoms with Gasteiger partial charge in [0.1, 0.15) is 0 Å². The van der Waals surface area contributed by atoms with Gasteiger partial charge in [0.15, 0.2) is 0 Å². The van der Waals surface area contributed by atoms with E-state index in [1.165, 1.54) is 64.5 Å². The largest absolute Gasteiger partial charge is 0.378 e. The van der Waals surface area contributed by atoms with Gasteiger partial charge in [-0.15, -0.1) is 0 Å². The molecule has 2 heteroatoms. The number of ether oxygens (including phenoxy) is 1. The van der Waals surface area contributed by atoms with Crippen LogP contribution >= 0.6 is 0 Å². The van der Waals surface area contributed by atoms with Crippen molar-refractivity contribution in [3.05, 3.63) is 0 Å². The summed E-state index contributed by atoms with van der Waals surface area (Å²) in [5, 5.41) is 3.60. The van der Waals surface area contributed by atoms with Crippen LogP contribution in [0.2, 0.25) is 0 Å². The minimum absolute atomic E-state index is 0.582. The van der Waals surface area contributed by atoms with E-state index < -0.39 is 0 Å². The lowest BCUT2D eigenvalue weighted by molar-refractivity contribution is 0.102. The fourth-order valence-corrected chi connectivity index (χ4v) is 2.85. The third-order valence-corrected chi connectivity index (χ3v) is 3.81. The van der Waals surface area contributed by atoms with Crippen molar-refractivity contribution >= 4 is 0 Å². The first-order valence-corrected chi connectivity index (χ1v) is 6.77. The molecule has 1 heterocycles. The van der Waals surface area contributed by atoms with Crippen LogP contribution in [0.25, 0.3) is 0 Å². The van der Waals surface area contributed by atoms with Crippen LogP contribution in [-0.2, 0) is 4.74 Å². The average Bonchev–Trinajstić information content (AvgIpc) is 2.88.